The van der Waals surface area contributed by atoms with Gasteiger partial charge >= 0.3 is 5.97 Å². The van der Waals surface area contributed by atoms with Gasteiger partial charge in [0.25, 0.3) is 0 Å². The van der Waals surface area contributed by atoms with Crippen LogP contribution in [0.1, 0.15) is 18.9 Å². The molecular formula is C14H16FNO3. The van der Waals surface area contributed by atoms with Crippen LogP contribution in [0, 0.1) is 11.7 Å². The lowest BCUT2D eigenvalue weighted by molar-refractivity contribution is -0.138. The molecule has 0 radical (unpaired) electrons. The number of carbonyl (C=O) groups excluding carboxylic acids is 1. The fraction of sp³-hybridized carbons (Fsp3) is 0.286. The van der Waals surface area contributed by atoms with Gasteiger partial charge in [-0.3, -0.25) is 9.59 Å². The minimum absolute atomic E-state index is 0.00783. The van der Waals surface area contributed by atoms with E-state index < -0.39 is 5.97 Å². The number of hydrogen-bond acceptors (Lipinski definition) is 2. The van der Waals surface area contributed by atoms with Crippen molar-refractivity contribution >= 4 is 18.0 Å². The number of carboxylic acids is 1. The smallest absolute Gasteiger partial charge is 0.303 e. The molecule has 1 rings (SSSR count). The quantitative estimate of drug-likeness (QED) is 0.774. The van der Waals surface area contributed by atoms with Crippen LogP contribution in [0.15, 0.2) is 30.3 Å². The van der Waals surface area contributed by atoms with E-state index in [-0.39, 0.29) is 24.1 Å². The largest absolute Gasteiger partial charge is 0.481 e. The molecule has 1 aromatic rings. The van der Waals surface area contributed by atoms with Crippen LogP contribution in [0.3, 0.4) is 0 Å². The number of halogens is 1. The van der Waals surface area contributed by atoms with Gasteiger partial charge in [-0.25, -0.2) is 4.39 Å². The summed E-state index contributed by atoms with van der Waals surface area (Å²) in [5, 5.41) is 11.2. The first-order chi connectivity index (χ1) is 8.97. The van der Waals surface area contributed by atoms with E-state index in [9.17, 15) is 14.0 Å². The third-order valence-corrected chi connectivity index (χ3v) is 2.42. The molecule has 0 fully saturated rings. The summed E-state index contributed by atoms with van der Waals surface area (Å²) in [6, 6.07) is 5.88. The predicted octanol–water partition coefficient (Wildman–Crippen LogP) is 2.07. The summed E-state index contributed by atoms with van der Waals surface area (Å²) in [5.41, 5.74) is 0.591. The van der Waals surface area contributed by atoms with Crippen molar-refractivity contribution in [3.63, 3.8) is 0 Å². The number of carbonyl (C=O) groups is 2. The Morgan fingerprint density at radius 3 is 2.84 bits per heavy atom. The van der Waals surface area contributed by atoms with Crippen LogP contribution in [-0.4, -0.2) is 23.5 Å². The average Bonchev–Trinajstić information content (AvgIpc) is 2.33. The lowest BCUT2D eigenvalue weighted by Gasteiger charge is -2.08. The van der Waals surface area contributed by atoms with E-state index in [0.717, 1.165) is 0 Å². The maximum Gasteiger partial charge on any atom is 0.303 e. The number of hydrogen-bond donors (Lipinski definition) is 2. The first-order valence-corrected chi connectivity index (χ1v) is 5.90. The highest BCUT2D eigenvalue weighted by Gasteiger charge is 2.07. The van der Waals surface area contributed by atoms with Gasteiger partial charge in [0.1, 0.15) is 5.82 Å². The molecule has 0 saturated heterocycles. The number of rotatable bonds is 6. The van der Waals surface area contributed by atoms with Crippen LogP contribution in [0.5, 0.6) is 0 Å². The van der Waals surface area contributed by atoms with Gasteiger partial charge in [0.05, 0.1) is 0 Å². The van der Waals surface area contributed by atoms with E-state index in [2.05, 4.69) is 5.32 Å². The van der Waals surface area contributed by atoms with Crippen LogP contribution in [0.2, 0.25) is 0 Å². The van der Waals surface area contributed by atoms with Crippen molar-refractivity contribution in [1.82, 2.24) is 5.32 Å². The Morgan fingerprint density at radius 2 is 2.21 bits per heavy atom. The molecule has 0 aliphatic heterocycles. The van der Waals surface area contributed by atoms with Crippen LogP contribution < -0.4 is 5.32 Å². The van der Waals surface area contributed by atoms with Crippen LogP contribution in [0.4, 0.5) is 4.39 Å². The van der Waals surface area contributed by atoms with Crippen molar-refractivity contribution in [2.45, 2.75) is 13.3 Å². The highest BCUT2D eigenvalue weighted by Crippen LogP contribution is 2.05. The van der Waals surface area contributed by atoms with E-state index >= 15 is 0 Å². The topological polar surface area (TPSA) is 66.4 Å². The van der Waals surface area contributed by atoms with Gasteiger partial charge in [0.2, 0.25) is 5.91 Å². The Morgan fingerprint density at radius 1 is 1.47 bits per heavy atom. The Hall–Kier alpha value is -2.17. The number of amides is 1. The maximum absolute atomic E-state index is 12.9. The number of nitrogens with one attached hydrogen (secondary N) is 1. The lowest BCUT2D eigenvalue weighted by atomic mass is 10.1. The third kappa shape index (κ3) is 6.35. The van der Waals surface area contributed by atoms with E-state index in [0.29, 0.717) is 12.1 Å². The molecule has 19 heavy (non-hydrogen) atoms. The highest BCUT2D eigenvalue weighted by molar-refractivity contribution is 5.91. The summed E-state index contributed by atoms with van der Waals surface area (Å²) in [6.07, 6.45) is 2.80. The van der Waals surface area contributed by atoms with Gasteiger partial charge in [-0.05, 0) is 29.7 Å². The van der Waals surface area contributed by atoms with Gasteiger partial charge in [0, 0.05) is 19.0 Å². The molecule has 0 aromatic heterocycles. The van der Waals surface area contributed by atoms with Gasteiger partial charge in [-0.2, -0.15) is 0 Å². The van der Waals surface area contributed by atoms with Crippen LogP contribution in [0.25, 0.3) is 6.08 Å². The second kappa shape index (κ2) is 7.31. The summed E-state index contributed by atoms with van der Waals surface area (Å²) in [6.45, 7) is 2.03. The van der Waals surface area contributed by atoms with E-state index in [1.807, 2.05) is 0 Å². The second-order valence-corrected chi connectivity index (χ2v) is 4.34. The molecule has 0 aliphatic carbocycles. The minimum atomic E-state index is -0.892. The standard InChI is InChI=1S/C14H16FNO3/c1-10(7-14(18)19)9-16-13(17)6-5-11-3-2-4-12(15)8-11/h2-6,8,10H,7,9H2,1H3,(H,16,17)(H,18,19)/b6-5+. The Balaban J connectivity index is 2.41. The van der Waals surface area contributed by atoms with Crippen molar-refractivity contribution in [3.05, 3.63) is 41.7 Å². The molecule has 5 heteroatoms. The SMILES string of the molecule is CC(CNC(=O)/C=C/c1cccc(F)c1)CC(=O)O. The summed E-state index contributed by atoms with van der Waals surface area (Å²) in [4.78, 5) is 21.9. The first kappa shape index (κ1) is 14.9. The van der Waals surface area contributed by atoms with Crippen molar-refractivity contribution in [3.8, 4) is 0 Å². The summed E-state index contributed by atoms with van der Waals surface area (Å²) >= 11 is 0. The molecule has 102 valence electrons. The molecule has 1 atom stereocenters. The second-order valence-electron chi connectivity index (χ2n) is 4.34. The van der Waals surface area contributed by atoms with Crippen molar-refractivity contribution in [2.24, 2.45) is 5.92 Å². The molecule has 4 nitrogen and oxygen atoms in total. The van der Waals surface area contributed by atoms with Crippen molar-refractivity contribution in [1.29, 1.82) is 0 Å². The predicted molar refractivity (Wildman–Crippen MR) is 69.9 cm³/mol. The number of aliphatic carboxylic acids is 1. The monoisotopic (exact) mass is 265 g/mol. The molecule has 0 bridgehead atoms. The molecule has 0 spiro atoms. The van der Waals surface area contributed by atoms with Gasteiger partial charge in [-0.1, -0.05) is 19.1 Å². The Bertz CT molecular complexity index is 485. The zero-order valence-corrected chi connectivity index (χ0v) is 10.6. The number of carboxylic acid groups (broad SMARTS) is 1. The Labute approximate surface area is 110 Å². The fourth-order valence-electron chi connectivity index (χ4n) is 1.49. The average molecular weight is 265 g/mol. The molecule has 0 aliphatic rings. The Kier molecular flexibility index (Phi) is 5.73. The van der Waals surface area contributed by atoms with Crippen LogP contribution >= 0.6 is 0 Å². The fourth-order valence-corrected chi connectivity index (χ4v) is 1.49. The molecular weight excluding hydrogens is 249 g/mol. The minimum Gasteiger partial charge on any atom is -0.481 e. The zero-order valence-electron chi connectivity index (χ0n) is 10.6. The first-order valence-electron chi connectivity index (χ1n) is 5.90. The number of benzene rings is 1. The molecule has 1 amide bonds. The summed E-state index contributed by atoms with van der Waals surface area (Å²) < 4.78 is 12.9. The van der Waals surface area contributed by atoms with Gasteiger partial charge in [0.15, 0.2) is 0 Å². The third-order valence-electron chi connectivity index (χ3n) is 2.42. The van der Waals surface area contributed by atoms with E-state index in [4.69, 9.17) is 5.11 Å². The molecule has 2 N–H and O–H groups in total. The summed E-state index contributed by atoms with van der Waals surface area (Å²) in [5.74, 6) is -1.72. The van der Waals surface area contributed by atoms with E-state index in [1.165, 1.54) is 24.3 Å². The highest BCUT2D eigenvalue weighted by atomic mass is 19.1. The van der Waals surface area contributed by atoms with Crippen molar-refractivity contribution in [2.75, 3.05) is 6.54 Å². The normalized spacial score (nSPS) is 12.3. The maximum atomic E-state index is 12.9. The molecule has 0 saturated carbocycles. The molecule has 1 unspecified atom stereocenters. The van der Waals surface area contributed by atoms with Gasteiger partial charge in [-0.15, -0.1) is 0 Å². The lowest BCUT2D eigenvalue weighted by Crippen LogP contribution is -2.27. The van der Waals surface area contributed by atoms with Crippen molar-refractivity contribution < 1.29 is 19.1 Å². The zero-order chi connectivity index (χ0) is 14.3. The van der Waals surface area contributed by atoms with E-state index in [1.54, 1.807) is 19.1 Å². The molecule has 0 heterocycles. The molecule has 1 aromatic carbocycles. The summed E-state index contributed by atoms with van der Waals surface area (Å²) in [7, 11) is 0. The van der Waals surface area contributed by atoms with Gasteiger partial charge < -0.3 is 10.4 Å². The van der Waals surface area contributed by atoms with Crippen LogP contribution in [-0.2, 0) is 9.59 Å².